The SMILES string of the molecule is CCc1ccccc1S(=O)(=O)N1CCCC1c1nn(C)c2c1COCC2. The lowest BCUT2D eigenvalue weighted by molar-refractivity contribution is 0.108. The Morgan fingerprint density at radius 3 is 2.92 bits per heavy atom. The number of aromatic nitrogens is 2. The molecule has 140 valence electrons. The highest BCUT2D eigenvalue weighted by atomic mass is 32.2. The molecule has 1 fully saturated rings. The van der Waals surface area contributed by atoms with Crippen LogP contribution >= 0.6 is 0 Å². The summed E-state index contributed by atoms with van der Waals surface area (Å²) in [6, 6.07) is 7.11. The molecule has 1 aromatic heterocycles. The van der Waals surface area contributed by atoms with Gasteiger partial charge in [-0.2, -0.15) is 9.40 Å². The normalized spacial score (nSPS) is 21.1. The van der Waals surface area contributed by atoms with Gasteiger partial charge in [-0.3, -0.25) is 4.68 Å². The first kappa shape index (κ1) is 17.7. The van der Waals surface area contributed by atoms with Crippen molar-refractivity contribution in [3.05, 3.63) is 46.8 Å². The number of rotatable bonds is 4. The minimum Gasteiger partial charge on any atom is -0.376 e. The Labute approximate surface area is 154 Å². The van der Waals surface area contributed by atoms with Crippen molar-refractivity contribution in [2.45, 2.75) is 50.2 Å². The molecule has 0 spiro atoms. The number of fused-ring (bicyclic) bond motifs is 1. The van der Waals surface area contributed by atoms with Crippen LogP contribution in [-0.2, 0) is 41.3 Å². The average Bonchev–Trinajstić information content (AvgIpc) is 3.27. The quantitative estimate of drug-likeness (QED) is 0.824. The highest BCUT2D eigenvalue weighted by Gasteiger charge is 2.40. The van der Waals surface area contributed by atoms with Crippen molar-refractivity contribution in [2.24, 2.45) is 7.05 Å². The van der Waals surface area contributed by atoms with Crippen LogP contribution in [0.15, 0.2) is 29.2 Å². The topological polar surface area (TPSA) is 64.4 Å². The highest BCUT2D eigenvalue weighted by Crippen LogP contribution is 2.39. The number of hydrogen-bond acceptors (Lipinski definition) is 4. The average molecular weight is 375 g/mol. The lowest BCUT2D eigenvalue weighted by Crippen LogP contribution is -2.32. The summed E-state index contributed by atoms with van der Waals surface area (Å²) in [5.41, 5.74) is 3.99. The van der Waals surface area contributed by atoms with Crippen LogP contribution in [0.2, 0.25) is 0 Å². The maximum atomic E-state index is 13.4. The molecule has 1 unspecified atom stereocenters. The summed E-state index contributed by atoms with van der Waals surface area (Å²) in [7, 11) is -1.61. The van der Waals surface area contributed by atoms with E-state index in [0.717, 1.165) is 36.1 Å². The summed E-state index contributed by atoms with van der Waals surface area (Å²) in [6.45, 7) is 3.75. The number of sulfonamides is 1. The predicted octanol–water partition coefficient (Wildman–Crippen LogP) is 2.58. The van der Waals surface area contributed by atoms with Gasteiger partial charge >= 0.3 is 0 Å². The summed E-state index contributed by atoms with van der Waals surface area (Å²) in [5.74, 6) is 0. The van der Waals surface area contributed by atoms with Gasteiger partial charge in [0.05, 0.1) is 29.8 Å². The lowest BCUT2D eigenvalue weighted by Gasteiger charge is -2.25. The number of benzene rings is 1. The molecule has 1 saturated heterocycles. The molecule has 6 nitrogen and oxygen atoms in total. The number of nitrogens with zero attached hydrogens (tertiary/aromatic N) is 3. The Balaban J connectivity index is 1.76. The molecule has 3 heterocycles. The third-order valence-electron chi connectivity index (χ3n) is 5.49. The van der Waals surface area contributed by atoms with Crippen LogP contribution in [0.25, 0.3) is 0 Å². The lowest BCUT2D eigenvalue weighted by atomic mass is 10.0. The summed E-state index contributed by atoms with van der Waals surface area (Å²) < 4.78 is 36.0. The third-order valence-corrected chi connectivity index (χ3v) is 7.50. The Morgan fingerprint density at radius 2 is 2.12 bits per heavy atom. The molecule has 0 aliphatic carbocycles. The standard InChI is InChI=1S/C19H25N3O3S/c1-3-14-7-4-5-9-18(14)26(23,24)22-11-6-8-17(22)19-15-13-25-12-10-16(15)21(2)20-19/h4-5,7,9,17H,3,6,8,10-13H2,1-2H3. The van der Waals surface area contributed by atoms with E-state index in [1.54, 1.807) is 16.4 Å². The third kappa shape index (κ3) is 2.78. The van der Waals surface area contributed by atoms with E-state index in [-0.39, 0.29) is 6.04 Å². The van der Waals surface area contributed by atoms with Gasteiger partial charge in [-0.25, -0.2) is 8.42 Å². The molecular formula is C19H25N3O3S. The molecule has 2 aromatic rings. The smallest absolute Gasteiger partial charge is 0.243 e. The maximum Gasteiger partial charge on any atom is 0.243 e. The van der Waals surface area contributed by atoms with Gasteiger partial charge in [0.25, 0.3) is 0 Å². The molecule has 0 N–H and O–H groups in total. The van der Waals surface area contributed by atoms with E-state index in [1.165, 1.54) is 5.69 Å². The summed E-state index contributed by atoms with van der Waals surface area (Å²) >= 11 is 0. The number of ether oxygens (including phenoxy) is 1. The van der Waals surface area contributed by atoms with Gasteiger partial charge in [0.15, 0.2) is 0 Å². The van der Waals surface area contributed by atoms with Gasteiger partial charge in [-0.15, -0.1) is 0 Å². The molecule has 26 heavy (non-hydrogen) atoms. The van der Waals surface area contributed by atoms with Gasteiger partial charge in [-0.1, -0.05) is 25.1 Å². The molecule has 2 aliphatic rings. The second kappa shape index (κ2) is 6.79. The summed E-state index contributed by atoms with van der Waals surface area (Å²) in [5, 5.41) is 4.70. The zero-order valence-electron chi connectivity index (χ0n) is 15.3. The van der Waals surface area contributed by atoms with Crippen LogP contribution in [-0.4, -0.2) is 35.7 Å². The molecule has 2 aliphatic heterocycles. The van der Waals surface area contributed by atoms with Crippen LogP contribution in [0, 0.1) is 0 Å². The van der Waals surface area contributed by atoms with E-state index < -0.39 is 10.0 Å². The molecule has 0 radical (unpaired) electrons. The Morgan fingerprint density at radius 1 is 1.31 bits per heavy atom. The summed E-state index contributed by atoms with van der Waals surface area (Å²) in [4.78, 5) is 0.426. The minimum atomic E-state index is -3.55. The van der Waals surface area contributed by atoms with Crippen LogP contribution < -0.4 is 0 Å². The Hall–Kier alpha value is -1.70. The fourth-order valence-electron chi connectivity index (χ4n) is 4.18. The Bertz CT molecular complexity index is 920. The molecule has 0 saturated carbocycles. The molecular weight excluding hydrogens is 350 g/mol. The van der Waals surface area contributed by atoms with Crippen molar-refractivity contribution >= 4 is 10.0 Å². The number of hydrogen-bond donors (Lipinski definition) is 0. The molecule has 0 amide bonds. The number of aryl methyl sites for hydroxylation is 2. The predicted molar refractivity (Wildman–Crippen MR) is 98.3 cm³/mol. The van der Waals surface area contributed by atoms with Gasteiger partial charge in [0.2, 0.25) is 10.0 Å². The largest absolute Gasteiger partial charge is 0.376 e. The highest BCUT2D eigenvalue weighted by molar-refractivity contribution is 7.89. The van der Waals surface area contributed by atoms with E-state index in [4.69, 9.17) is 9.84 Å². The van der Waals surface area contributed by atoms with E-state index in [9.17, 15) is 8.42 Å². The fraction of sp³-hybridized carbons (Fsp3) is 0.526. The van der Waals surface area contributed by atoms with E-state index in [2.05, 4.69) is 0 Å². The first-order valence-electron chi connectivity index (χ1n) is 9.26. The summed E-state index contributed by atoms with van der Waals surface area (Å²) in [6.07, 6.45) is 3.18. The van der Waals surface area contributed by atoms with Gasteiger partial charge in [0.1, 0.15) is 0 Å². The van der Waals surface area contributed by atoms with Crippen LogP contribution in [0.5, 0.6) is 0 Å². The molecule has 4 rings (SSSR count). The second-order valence-corrected chi connectivity index (χ2v) is 8.83. The molecule has 0 bridgehead atoms. The van der Waals surface area contributed by atoms with E-state index in [0.29, 0.717) is 31.1 Å². The van der Waals surface area contributed by atoms with Gasteiger partial charge < -0.3 is 4.74 Å². The van der Waals surface area contributed by atoms with Crippen molar-refractivity contribution in [1.29, 1.82) is 0 Å². The van der Waals surface area contributed by atoms with Crippen LogP contribution in [0.4, 0.5) is 0 Å². The van der Waals surface area contributed by atoms with Crippen molar-refractivity contribution in [3.63, 3.8) is 0 Å². The molecule has 7 heteroatoms. The Kier molecular flexibility index (Phi) is 4.62. The van der Waals surface area contributed by atoms with Crippen LogP contribution in [0.3, 0.4) is 0 Å². The van der Waals surface area contributed by atoms with E-state index >= 15 is 0 Å². The van der Waals surface area contributed by atoms with Crippen molar-refractivity contribution in [2.75, 3.05) is 13.2 Å². The molecule has 1 aromatic carbocycles. The second-order valence-electron chi connectivity index (χ2n) is 6.97. The van der Waals surface area contributed by atoms with Gasteiger partial charge in [0, 0.05) is 31.3 Å². The minimum absolute atomic E-state index is 0.207. The van der Waals surface area contributed by atoms with Crippen LogP contribution in [0.1, 0.15) is 48.3 Å². The first-order valence-corrected chi connectivity index (χ1v) is 10.7. The van der Waals surface area contributed by atoms with Crippen molar-refractivity contribution in [1.82, 2.24) is 14.1 Å². The first-order chi connectivity index (χ1) is 12.5. The fourth-order valence-corrected chi connectivity index (χ4v) is 6.14. The van der Waals surface area contributed by atoms with E-state index in [1.807, 2.05) is 30.8 Å². The zero-order chi connectivity index (χ0) is 18.3. The van der Waals surface area contributed by atoms with Gasteiger partial charge in [-0.05, 0) is 30.9 Å². The zero-order valence-corrected chi connectivity index (χ0v) is 16.1. The maximum absolute atomic E-state index is 13.4. The van der Waals surface area contributed by atoms with Crippen molar-refractivity contribution < 1.29 is 13.2 Å². The molecule has 1 atom stereocenters. The monoisotopic (exact) mass is 375 g/mol. The van der Waals surface area contributed by atoms with Crippen molar-refractivity contribution in [3.8, 4) is 0 Å².